The third kappa shape index (κ3) is 3.72. The SMILES string of the molecule is CC(C)C(=O)Cc1ccc2nc(C#Cc3ccccc3Cl)oc2c1F. The molecule has 2 aromatic carbocycles. The normalized spacial score (nSPS) is 10.8. The lowest BCUT2D eigenvalue weighted by molar-refractivity contribution is -0.121. The number of ketones is 1. The molecule has 0 aliphatic heterocycles. The summed E-state index contributed by atoms with van der Waals surface area (Å²) in [5.41, 5.74) is 1.31. The molecule has 3 aromatic rings. The number of carbonyl (C=O) groups excluding carboxylic acids is 1. The van der Waals surface area contributed by atoms with Crippen LogP contribution in [0.5, 0.6) is 0 Å². The van der Waals surface area contributed by atoms with E-state index in [-0.39, 0.29) is 29.6 Å². The molecule has 25 heavy (non-hydrogen) atoms. The molecule has 0 fully saturated rings. The van der Waals surface area contributed by atoms with E-state index < -0.39 is 5.82 Å². The first kappa shape index (κ1) is 17.2. The number of carbonyl (C=O) groups is 1. The monoisotopic (exact) mass is 355 g/mol. The van der Waals surface area contributed by atoms with Gasteiger partial charge in [0.05, 0.1) is 5.02 Å². The van der Waals surface area contributed by atoms with Crippen LogP contribution in [0, 0.1) is 23.6 Å². The summed E-state index contributed by atoms with van der Waals surface area (Å²) in [5, 5.41) is 0.520. The lowest BCUT2D eigenvalue weighted by Gasteiger charge is -2.05. The average Bonchev–Trinajstić information content (AvgIpc) is 3.00. The number of hydrogen-bond acceptors (Lipinski definition) is 3. The molecule has 0 aliphatic carbocycles. The van der Waals surface area contributed by atoms with Gasteiger partial charge in [-0.25, -0.2) is 9.37 Å². The number of aromatic nitrogens is 1. The zero-order chi connectivity index (χ0) is 18.0. The summed E-state index contributed by atoms with van der Waals surface area (Å²) in [6.45, 7) is 3.57. The van der Waals surface area contributed by atoms with Crippen molar-refractivity contribution in [2.45, 2.75) is 20.3 Å². The van der Waals surface area contributed by atoms with Crippen molar-refractivity contribution in [3.05, 3.63) is 64.3 Å². The Bertz CT molecular complexity index is 1010. The molecular weight excluding hydrogens is 341 g/mol. The van der Waals surface area contributed by atoms with Crippen molar-refractivity contribution in [1.82, 2.24) is 4.98 Å². The van der Waals surface area contributed by atoms with Crippen molar-refractivity contribution in [1.29, 1.82) is 0 Å². The van der Waals surface area contributed by atoms with Gasteiger partial charge >= 0.3 is 0 Å². The molecule has 0 saturated heterocycles. The fourth-order valence-electron chi connectivity index (χ4n) is 2.27. The average molecular weight is 356 g/mol. The van der Waals surface area contributed by atoms with E-state index in [1.807, 2.05) is 12.1 Å². The third-order valence-electron chi connectivity index (χ3n) is 3.76. The van der Waals surface area contributed by atoms with Gasteiger partial charge in [0.2, 0.25) is 0 Å². The van der Waals surface area contributed by atoms with E-state index in [1.54, 1.807) is 38.1 Å². The maximum atomic E-state index is 14.6. The van der Waals surface area contributed by atoms with Gasteiger partial charge in [-0.1, -0.05) is 49.6 Å². The summed E-state index contributed by atoms with van der Waals surface area (Å²) in [6.07, 6.45) is 0.0285. The van der Waals surface area contributed by atoms with E-state index in [1.165, 1.54) is 0 Å². The predicted molar refractivity (Wildman–Crippen MR) is 94.9 cm³/mol. The molecule has 0 N–H and O–H groups in total. The van der Waals surface area contributed by atoms with Crippen molar-refractivity contribution < 1.29 is 13.6 Å². The Morgan fingerprint density at radius 2 is 2.00 bits per heavy atom. The van der Waals surface area contributed by atoms with Crippen LogP contribution in [0.25, 0.3) is 11.1 Å². The molecule has 1 heterocycles. The number of Topliss-reactive ketones (excluding diaryl/α,β-unsaturated/α-hetero) is 1. The number of fused-ring (bicyclic) bond motifs is 1. The summed E-state index contributed by atoms with van der Waals surface area (Å²) in [4.78, 5) is 16.0. The minimum atomic E-state index is -0.565. The van der Waals surface area contributed by atoms with Gasteiger partial charge in [0.15, 0.2) is 11.4 Å². The second-order valence-corrected chi connectivity index (χ2v) is 6.34. The summed E-state index contributed by atoms with van der Waals surface area (Å²) in [6, 6.07) is 10.3. The van der Waals surface area contributed by atoms with E-state index in [0.29, 0.717) is 21.7 Å². The van der Waals surface area contributed by atoms with Crippen molar-refractivity contribution in [2.24, 2.45) is 5.92 Å². The molecular formula is C20H15ClFNO2. The predicted octanol–water partition coefficient (Wildman–Crippen LogP) is 4.79. The minimum absolute atomic E-state index is 0.0116. The van der Waals surface area contributed by atoms with Gasteiger partial charge in [-0.3, -0.25) is 4.79 Å². The molecule has 3 rings (SSSR count). The second kappa shape index (κ2) is 7.08. The Hall–Kier alpha value is -2.64. The van der Waals surface area contributed by atoms with Crippen LogP contribution in [0.2, 0.25) is 5.02 Å². The molecule has 0 atom stereocenters. The van der Waals surface area contributed by atoms with Crippen LogP contribution in [0.4, 0.5) is 4.39 Å². The fourth-order valence-corrected chi connectivity index (χ4v) is 2.45. The zero-order valence-corrected chi connectivity index (χ0v) is 14.5. The molecule has 0 radical (unpaired) electrons. The number of rotatable bonds is 3. The standard InChI is InChI=1S/C20H15ClFNO2/c1-12(2)17(24)11-14-7-9-16-20(19(14)22)25-18(23-16)10-8-13-5-3-4-6-15(13)21/h3-7,9,12H,11H2,1-2H3. The van der Waals surface area contributed by atoms with Crippen molar-refractivity contribution in [3.63, 3.8) is 0 Å². The molecule has 126 valence electrons. The molecule has 5 heteroatoms. The number of oxazole rings is 1. The van der Waals surface area contributed by atoms with E-state index in [0.717, 1.165) is 0 Å². The lowest BCUT2D eigenvalue weighted by atomic mass is 10.0. The highest BCUT2D eigenvalue weighted by Gasteiger charge is 2.17. The molecule has 0 bridgehead atoms. The Morgan fingerprint density at radius 1 is 1.24 bits per heavy atom. The summed E-state index contributed by atoms with van der Waals surface area (Å²) < 4.78 is 20.0. The second-order valence-electron chi connectivity index (χ2n) is 5.93. The van der Waals surface area contributed by atoms with Gasteiger partial charge in [0.1, 0.15) is 11.3 Å². The van der Waals surface area contributed by atoms with Crippen LogP contribution in [0.15, 0.2) is 40.8 Å². The minimum Gasteiger partial charge on any atom is -0.427 e. The van der Waals surface area contributed by atoms with Crippen molar-refractivity contribution in [3.8, 4) is 11.8 Å². The van der Waals surface area contributed by atoms with Crippen LogP contribution in [0.1, 0.15) is 30.9 Å². The maximum Gasteiger partial charge on any atom is 0.274 e. The molecule has 0 unspecified atom stereocenters. The largest absolute Gasteiger partial charge is 0.427 e. The molecule has 0 aliphatic rings. The van der Waals surface area contributed by atoms with E-state index in [9.17, 15) is 9.18 Å². The smallest absolute Gasteiger partial charge is 0.274 e. The summed E-state index contributed by atoms with van der Waals surface area (Å²) in [7, 11) is 0. The molecule has 0 saturated carbocycles. The molecule has 0 amide bonds. The Balaban J connectivity index is 1.95. The topological polar surface area (TPSA) is 43.1 Å². The first-order valence-electron chi connectivity index (χ1n) is 7.83. The Labute approximate surface area is 149 Å². The Kier molecular flexibility index (Phi) is 4.87. The van der Waals surface area contributed by atoms with Crippen LogP contribution < -0.4 is 0 Å². The third-order valence-corrected chi connectivity index (χ3v) is 4.09. The lowest BCUT2D eigenvalue weighted by Crippen LogP contribution is -2.11. The number of halogens is 2. The van der Waals surface area contributed by atoms with Crippen LogP contribution in [0.3, 0.4) is 0 Å². The molecule has 0 spiro atoms. The highest BCUT2D eigenvalue weighted by Crippen LogP contribution is 2.23. The highest BCUT2D eigenvalue weighted by molar-refractivity contribution is 6.31. The summed E-state index contributed by atoms with van der Waals surface area (Å²) in [5.74, 6) is 4.96. The van der Waals surface area contributed by atoms with Gasteiger partial charge in [-0.2, -0.15) is 0 Å². The van der Waals surface area contributed by atoms with E-state index in [2.05, 4.69) is 16.8 Å². The molecule has 1 aromatic heterocycles. The summed E-state index contributed by atoms with van der Waals surface area (Å²) >= 11 is 6.04. The van der Waals surface area contributed by atoms with Gasteiger partial charge in [-0.05, 0) is 29.7 Å². The first-order valence-corrected chi connectivity index (χ1v) is 8.20. The fraction of sp³-hybridized carbons (Fsp3) is 0.200. The first-order chi connectivity index (χ1) is 12.0. The van der Waals surface area contributed by atoms with Gasteiger partial charge < -0.3 is 4.42 Å². The zero-order valence-electron chi connectivity index (χ0n) is 13.8. The van der Waals surface area contributed by atoms with E-state index >= 15 is 0 Å². The van der Waals surface area contributed by atoms with Crippen molar-refractivity contribution >= 4 is 28.5 Å². The quantitative estimate of drug-likeness (QED) is 0.634. The number of hydrogen-bond donors (Lipinski definition) is 0. The van der Waals surface area contributed by atoms with Gasteiger partial charge in [0.25, 0.3) is 5.89 Å². The van der Waals surface area contributed by atoms with Gasteiger partial charge in [-0.15, -0.1) is 0 Å². The maximum absolute atomic E-state index is 14.6. The number of benzene rings is 2. The number of nitrogens with zero attached hydrogens (tertiary/aromatic N) is 1. The van der Waals surface area contributed by atoms with Crippen LogP contribution in [-0.4, -0.2) is 10.8 Å². The van der Waals surface area contributed by atoms with Gasteiger partial charge in [0, 0.05) is 17.9 Å². The highest BCUT2D eigenvalue weighted by atomic mass is 35.5. The Morgan fingerprint density at radius 3 is 2.72 bits per heavy atom. The van der Waals surface area contributed by atoms with E-state index in [4.69, 9.17) is 16.0 Å². The van der Waals surface area contributed by atoms with Crippen LogP contribution in [-0.2, 0) is 11.2 Å². The van der Waals surface area contributed by atoms with Crippen LogP contribution >= 0.6 is 11.6 Å². The molecule has 3 nitrogen and oxygen atoms in total. The van der Waals surface area contributed by atoms with Crippen molar-refractivity contribution in [2.75, 3.05) is 0 Å².